The fraction of sp³-hybridized carbons (Fsp3) is 0.733. The highest BCUT2D eigenvalue weighted by Crippen LogP contribution is 2.37. The van der Waals surface area contributed by atoms with Crippen LogP contribution >= 0.6 is 11.6 Å². The predicted molar refractivity (Wildman–Crippen MR) is 83.9 cm³/mol. The third-order valence-corrected chi connectivity index (χ3v) is 4.70. The number of fused-ring (bicyclic) bond motifs is 1. The Morgan fingerprint density at radius 2 is 2.05 bits per heavy atom. The summed E-state index contributed by atoms with van der Waals surface area (Å²) in [5.41, 5.74) is 3.04. The average Bonchev–Trinajstić information content (AvgIpc) is 2.98. The van der Waals surface area contributed by atoms with Crippen LogP contribution in [0.1, 0.15) is 50.5 Å². The molecule has 0 saturated carbocycles. The molecule has 0 bridgehead atoms. The van der Waals surface area contributed by atoms with Crippen LogP contribution in [0.25, 0.3) is 11.2 Å². The minimum Gasteiger partial charge on any atom is -0.381 e. The minimum absolute atomic E-state index is 0.00905. The standard InChI is InChI=1S/C15H23ClN4O/c1-5-19-14-12(11(3)18-19)17-13(10(2)16)20(14)15(4)6-8-21-9-7-15/h10H,5-9H2,1-4H3. The first-order chi connectivity index (χ1) is 9.98. The summed E-state index contributed by atoms with van der Waals surface area (Å²) in [5, 5.41) is 4.49. The highest BCUT2D eigenvalue weighted by Gasteiger charge is 2.35. The summed E-state index contributed by atoms with van der Waals surface area (Å²) in [6, 6.07) is 0. The maximum atomic E-state index is 6.42. The Morgan fingerprint density at radius 3 is 2.62 bits per heavy atom. The number of imidazole rings is 1. The van der Waals surface area contributed by atoms with Crippen LogP contribution in [0, 0.1) is 6.92 Å². The van der Waals surface area contributed by atoms with Crippen LogP contribution in [0.3, 0.4) is 0 Å². The first kappa shape index (κ1) is 14.9. The predicted octanol–water partition coefficient (Wildman–Crippen LogP) is 3.39. The first-order valence-electron chi connectivity index (χ1n) is 7.66. The summed E-state index contributed by atoms with van der Waals surface area (Å²) in [6.07, 6.45) is 1.95. The van der Waals surface area contributed by atoms with E-state index in [4.69, 9.17) is 21.3 Å². The zero-order valence-electron chi connectivity index (χ0n) is 13.2. The van der Waals surface area contributed by atoms with Gasteiger partial charge in [0.15, 0.2) is 5.65 Å². The number of aryl methyl sites for hydroxylation is 2. The second kappa shape index (κ2) is 5.29. The Hall–Kier alpha value is -1.07. The van der Waals surface area contributed by atoms with Crippen molar-refractivity contribution < 1.29 is 4.74 Å². The smallest absolute Gasteiger partial charge is 0.159 e. The van der Waals surface area contributed by atoms with E-state index in [2.05, 4.69) is 23.5 Å². The van der Waals surface area contributed by atoms with Crippen molar-refractivity contribution in [2.45, 2.75) is 58.0 Å². The van der Waals surface area contributed by atoms with E-state index in [-0.39, 0.29) is 10.9 Å². The van der Waals surface area contributed by atoms with E-state index in [9.17, 15) is 0 Å². The maximum Gasteiger partial charge on any atom is 0.159 e. The second-order valence-electron chi connectivity index (χ2n) is 6.10. The van der Waals surface area contributed by atoms with Gasteiger partial charge in [0.2, 0.25) is 0 Å². The molecule has 1 unspecified atom stereocenters. The van der Waals surface area contributed by atoms with E-state index >= 15 is 0 Å². The Bertz CT molecular complexity index is 652. The molecule has 6 heteroatoms. The zero-order chi connectivity index (χ0) is 15.2. The molecule has 3 rings (SSSR count). The normalized spacial score (nSPS) is 20.0. The van der Waals surface area contributed by atoms with Crippen LogP contribution in [0.5, 0.6) is 0 Å². The molecule has 116 valence electrons. The number of ether oxygens (including phenoxy) is 1. The molecule has 1 aliphatic rings. The second-order valence-corrected chi connectivity index (χ2v) is 6.76. The lowest BCUT2D eigenvalue weighted by molar-refractivity contribution is 0.0295. The molecule has 0 aromatic carbocycles. The van der Waals surface area contributed by atoms with E-state index in [0.29, 0.717) is 0 Å². The van der Waals surface area contributed by atoms with Crippen molar-refractivity contribution in [3.63, 3.8) is 0 Å². The van der Waals surface area contributed by atoms with E-state index in [1.54, 1.807) is 0 Å². The van der Waals surface area contributed by atoms with Gasteiger partial charge in [-0.15, -0.1) is 11.6 Å². The third kappa shape index (κ3) is 2.27. The molecule has 0 N–H and O–H groups in total. The van der Waals surface area contributed by atoms with E-state index in [0.717, 1.165) is 55.3 Å². The molecule has 1 fully saturated rings. The quantitative estimate of drug-likeness (QED) is 0.816. The molecule has 2 aromatic rings. The van der Waals surface area contributed by atoms with Gasteiger partial charge in [-0.3, -0.25) is 0 Å². The van der Waals surface area contributed by atoms with Crippen molar-refractivity contribution in [2.24, 2.45) is 0 Å². The van der Waals surface area contributed by atoms with Gasteiger partial charge in [0, 0.05) is 25.3 Å². The lowest BCUT2D eigenvalue weighted by Gasteiger charge is -2.37. The largest absolute Gasteiger partial charge is 0.381 e. The number of rotatable bonds is 3. The van der Waals surface area contributed by atoms with Crippen molar-refractivity contribution in [3.05, 3.63) is 11.5 Å². The van der Waals surface area contributed by atoms with Crippen molar-refractivity contribution in [1.82, 2.24) is 19.3 Å². The van der Waals surface area contributed by atoms with Crippen LogP contribution in [-0.4, -0.2) is 32.5 Å². The van der Waals surface area contributed by atoms with Gasteiger partial charge in [0.1, 0.15) is 11.3 Å². The van der Waals surface area contributed by atoms with Crippen LogP contribution in [0.2, 0.25) is 0 Å². The van der Waals surface area contributed by atoms with Crippen molar-refractivity contribution in [3.8, 4) is 0 Å². The van der Waals surface area contributed by atoms with Gasteiger partial charge >= 0.3 is 0 Å². The van der Waals surface area contributed by atoms with E-state index < -0.39 is 0 Å². The van der Waals surface area contributed by atoms with Gasteiger partial charge in [-0.25, -0.2) is 9.67 Å². The molecule has 21 heavy (non-hydrogen) atoms. The van der Waals surface area contributed by atoms with Gasteiger partial charge < -0.3 is 9.30 Å². The van der Waals surface area contributed by atoms with Gasteiger partial charge in [-0.2, -0.15) is 5.10 Å². The maximum absolute atomic E-state index is 6.42. The molecule has 3 heterocycles. The number of halogens is 1. The SMILES string of the molecule is CCn1nc(C)c2nc(C(C)Cl)n(C3(C)CCOCC3)c21. The molecule has 0 radical (unpaired) electrons. The average molecular weight is 311 g/mol. The summed E-state index contributed by atoms with van der Waals surface area (Å²) in [7, 11) is 0. The van der Waals surface area contributed by atoms with Crippen LogP contribution in [0.4, 0.5) is 0 Å². The van der Waals surface area contributed by atoms with Crippen LogP contribution < -0.4 is 0 Å². The molecule has 2 aromatic heterocycles. The summed E-state index contributed by atoms with van der Waals surface area (Å²) in [5.74, 6) is 0.943. The Kier molecular flexibility index (Phi) is 3.74. The number of aromatic nitrogens is 4. The molecule has 0 amide bonds. The Balaban J connectivity index is 2.29. The van der Waals surface area contributed by atoms with Crippen molar-refractivity contribution >= 4 is 22.8 Å². The molecule has 0 spiro atoms. The number of hydrogen-bond acceptors (Lipinski definition) is 3. The Labute approximate surface area is 130 Å². The number of nitrogens with zero attached hydrogens (tertiary/aromatic N) is 4. The summed E-state index contributed by atoms with van der Waals surface area (Å²) >= 11 is 6.42. The fourth-order valence-electron chi connectivity index (χ4n) is 3.24. The minimum atomic E-state index is -0.123. The highest BCUT2D eigenvalue weighted by atomic mass is 35.5. The third-order valence-electron chi connectivity index (χ3n) is 4.50. The van der Waals surface area contributed by atoms with Gasteiger partial charge in [-0.05, 0) is 40.5 Å². The topological polar surface area (TPSA) is 44.9 Å². The Morgan fingerprint density at radius 1 is 1.38 bits per heavy atom. The molecular formula is C15H23ClN4O. The highest BCUT2D eigenvalue weighted by molar-refractivity contribution is 6.20. The van der Waals surface area contributed by atoms with Crippen molar-refractivity contribution in [2.75, 3.05) is 13.2 Å². The molecule has 0 aliphatic carbocycles. The molecule has 1 aliphatic heterocycles. The van der Waals surface area contributed by atoms with E-state index in [1.807, 2.05) is 18.5 Å². The first-order valence-corrected chi connectivity index (χ1v) is 8.09. The molecule has 1 atom stereocenters. The fourth-order valence-corrected chi connectivity index (χ4v) is 3.39. The van der Waals surface area contributed by atoms with Crippen LogP contribution in [0.15, 0.2) is 0 Å². The number of hydrogen-bond donors (Lipinski definition) is 0. The summed E-state index contributed by atoms with van der Waals surface area (Å²) < 4.78 is 9.92. The van der Waals surface area contributed by atoms with Crippen LogP contribution in [-0.2, 0) is 16.8 Å². The van der Waals surface area contributed by atoms with Gasteiger partial charge in [0.05, 0.1) is 11.1 Å². The molecule has 5 nitrogen and oxygen atoms in total. The van der Waals surface area contributed by atoms with Crippen molar-refractivity contribution in [1.29, 1.82) is 0 Å². The van der Waals surface area contributed by atoms with Gasteiger partial charge in [-0.1, -0.05) is 0 Å². The summed E-state index contributed by atoms with van der Waals surface area (Å²) in [6.45, 7) is 10.8. The molecular weight excluding hydrogens is 288 g/mol. The number of alkyl halides is 1. The molecule has 1 saturated heterocycles. The lowest BCUT2D eigenvalue weighted by atomic mass is 9.92. The van der Waals surface area contributed by atoms with E-state index in [1.165, 1.54) is 0 Å². The summed E-state index contributed by atoms with van der Waals surface area (Å²) in [4.78, 5) is 4.81. The monoisotopic (exact) mass is 310 g/mol. The zero-order valence-corrected chi connectivity index (χ0v) is 13.9. The lowest BCUT2D eigenvalue weighted by Crippen LogP contribution is -2.38. The van der Waals surface area contributed by atoms with Gasteiger partial charge in [0.25, 0.3) is 0 Å².